The highest BCUT2D eigenvalue weighted by molar-refractivity contribution is 5.93. The lowest BCUT2D eigenvalue weighted by atomic mass is 10.1. The van der Waals surface area contributed by atoms with Crippen LogP contribution in [0.1, 0.15) is 17.4 Å². The summed E-state index contributed by atoms with van der Waals surface area (Å²) in [6.07, 6.45) is 3.64. The molecule has 2 amide bonds. The second-order valence-electron chi connectivity index (χ2n) is 4.57. The van der Waals surface area contributed by atoms with E-state index in [1.807, 2.05) is 0 Å². The third-order valence-corrected chi connectivity index (χ3v) is 2.79. The monoisotopic (exact) mass is 291 g/mol. The molecule has 110 valence electrons. The van der Waals surface area contributed by atoms with Crippen molar-refractivity contribution in [2.75, 3.05) is 5.32 Å². The number of aromatic nitrogens is 3. The molecule has 0 spiro atoms. The van der Waals surface area contributed by atoms with Crippen molar-refractivity contribution in [1.29, 1.82) is 0 Å². The first-order valence-electron chi connectivity index (χ1n) is 6.20. The zero-order valence-corrected chi connectivity index (χ0v) is 11.3. The number of amides is 2. The third kappa shape index (κ3) is 3.85. The van der Waals surface area contributed by atoms with Crippen LogP contribution >= 0.6 is 0 Å². The molecule has 2 aromatic rings. The number of nitrogens with zero attached hydrogens (tertiary/aromatic N) is 3. The Hall–Kier alpha value is -2.77. The molecule has 0 bridgehead atoms. The Labute approximate surface area is 120 Å². The summed E-state index contributed by atoms with van der Waals surface area (Å²) in [4.78, 5) is 26.7. The Kier molecular flexibility index (Phi) is 4.27. The van der Waals surface area contributed by atoms with E-state index in [1.165, 1.54) is 29.2 Å². The van der Waals surface area contributed by atoms with E-state index in [9.17, 15) is 14.0 Å². The fraction of sp³-hybridized carbons (Fsp3) is 0.231. The van der Waals surface area contributed by atoms with Crippen molar-refractivity contribution in [1.82, 2.24) is 14.8 Å². The molecule has 2 heterocycles. The van der Waals surface area contributed by atoms with Gasteiger partial charge in [0.2, 0.25) is 5.91 Å². The lowest BCUT2D eigenvalue weighted by molar-refractivity contribution is -0.119. The standard InChI is InChI=1S/C13H14FN5O2/c1-8(6-19-7-9(14)4-17-19)13(21)18-10-2-3-11(12(15)20)16-5-10/h2-5,7-8H,6H2,1H3,(H2,15,20)(H,18,21)/t8-/m1/s1. The Morgan fingerprint density at radius 3 is 2.71 bits per heavy atom. The van der Waals surface area contributed by atoms with E-state index in [-0.39, 0.29) is 18.1 Å². The quantitative estimate of drug-likeness (QED) is 0.850. The van der Waals surface area contributed by atoms with Crippen LogP contribution in [0.4, 0.5) is 10.1 Å². The van der Waals surface area contributed by atoms with Gasteiger partial charge in [-0.15, -0.1) is 0 Å². The first-order valence-corrected chi connectivity index (χ1v) is 6.20. The number of rotatable bonds is 5. The maximum Gasteiger partial charge on any atom is 0.267 e. The Morgan fingerprint density at radius 2 is 2.19 bits per heavy atom. The van der Waals surface area contributed by atoms with Crippen LogP contribution in [0.2, 0.25) is 0 Å². The number of hydrogen-bond donors (Lipinski definition) is 2. The van der Waals surface area contributed by atoms with Crippen molar-refractivity contribution in [3.63, 3.8) is 0 Å². The van der Waals surface area contributed by atoms with Crippen molar-refractivity contribution >= 4 is 17.5 Å². The number of primary amides is 1. The normalized spacial score (nSPS) is 11.9. The summed E-state index contributed by atoms with van der Waals surface area (Å²) < 4.78 is 14.2. The van der Waals surface area contributed by atoms with Crippen LogP contribution in [0, 0.1) is 11.7 Å². The molecule has 2 aromatic heterocycles. The highest BCUT2D eigenvalue weighted by Gasteiger charge is 2.15. The minimum absolute atomic E-state index is 0.119. The van der Waals surface area contributed by atoms with Crippen LogP contribution in [0.5, 0.6) is 0 Å². The fourth-order valence-electron chi connectivity index (χ4n) is 1.68. The van der Waals surface area contributed by atoms with E-state index in [4.69, 9.17) is 5.73 Å². The van der Waals surface area contributed by atoms with Crippen molar-refractivity contribution in [2.45, 2.75) is 13.5 Å². The molecule has 0 aliphatic rings. The van der Waals surface area contributed by atoms with Gasteiger partial charge in [0.1, 0.15) is 5.69 Å². The second-order valence-corrected chi connectivity index (χ2v) is 4.57. The number of nitrogens with one attached hydrogen (secondary N) is 1. The van der Waals surface area contributed by atoms with Crippen LogP contribution in [-0.4, -0.2) is 26.6 Å². The third-order valence-electron chi connectivity index (χ3n) is 2.79. The second kappa shape index (κ2) is 6.12. The lowest BCUT2D eigenvalue weighted by Crippen LogP contribution is -2.24. The van der Waals surface area contributed by atoms with Crippen molar-refractivity contribution < 1.29 is 14.0 Å². The molecule has 1 atom stereocenters. The topological polar surface area (TPSA) is 103 Å². The van der Waals surface area contributed by atoms with Crippen LogP contribution in [-0.2, 0) is 11.3 Å². The molecule has 2 rings (SSSR count). The number of halogens is 1. The van der Waals surface area contributed by atoms with Gasteiger partial charge in [0.05, 0.1) is 36.7 Å². The van der Waals surface area contributed by atoms with Gasteiger partial charge in [-0.3, -0.25) is 14.3 Å². The molecule has 3 N–H and O–H groups in total. The number of anilines is 1. The average molecular weight is 291 g/mol. The Bertz CT molecular complexity index is 653. The number of carbonyl (C=O) groups excluding carboxylic acids is 2. The number of nitrogens with two attached hydrogens (primary N) is 1. The molecule has 0 radical (unpaired) electrons. The van der Waals surface area contributed by atoms with Gasteiger partial charge in [-0.1, -0.05) is 6.92 Å². The minimum Gasteiger partial charge on any atom is -0.364 e. The van der Waals surface area contributed by atoms with E-state index in [2.05, 4.69) is 15.4 Å². The van der Waals surface area contributed by atoms with Crippen LogP contribution < -0.4 is 11.1 Å². The van der Waals surface area contributed by atoms with E-state index >= 15 is 0 Å². The van der Waals surface area contributed by atoms with Gasteiger partial charge in [0, 0.05) is 0 Å². The number of carbonyl (C=O) groups is 2. The maximum atomic E-state index is 12.8. The summed E-state index contributed by atoms with van der Waals surface area (Å²) in [5, 5.41) is 6.42. The molecule has 7 nitrogen and oxygen atoms in total. The van der Waals surface area contributed by atoms with E-state index in [0.29, 0.717) is 5.69 Å². The predicted octanol–water partition coefficient (Wildman–Crippen LogP) is 0.791. The highest BCUT2D eigenvalue weighted by atomic mass is 19.1. The lowest BCUT2D eigenvalue weighted by Gasteiger charge is -2.12. The highest BCUT2D eigenvalue weighted by Crippen LogP contribution is 2.09. The summed E-state index contributed by atoms with van der Waals surface area (Å²) in [5.74, 6) is -1.77. The molecule has 0 saturated carbocycles. The molecule has 0 aromatic carbocycles. The minimum atomic E-state index is -0.637. The van der Waals surface area contributed by atoms with Crippen molar-refractivity contribution in [3.8, 4) is 0 Å². The van der Waals surface area contributed by atoms with E-state index in [0.717, 1.165) is 6.20 Å². The van der Waals surface area contributed by atoms with Gasteiger partial charge in [0.25, 0.3) is 5.91 Å². The van der Waals surface area contributed by atoms with Crippen LogP contribution in [0.25, 0.3) is 0 Å². The zero-order chi connectivity index (χ0) is 15.4. The van der Waals surface area contributed by atoms with Gasteiger partial charge in [0.15, 0.2) is 5.82 Å². The van der Waals surface area contributed by atoms with Gasteiger partial charge in [-0.2, -0.15) is 5.10 Å². The zero-order valence-electron chi connectivity index (χ0n) is 11.3. The Balaban J connectivity index is 1.95. The van der Waals surface area contributed by atoms with Gasteiger partial charge < -0.3 is 11.1 Å². The van der Waals surface area contributed by atoms with Gasteiger partial charge in [-0.25, -0.2) is 9.37 Å². The summed E-state index contributed by atoms with van der Waals surface area (Å²) >= 11 is 0. The van der Waals surface area contributed by atoms with Crippen molar-refractivity contribution in [3.05, 3.63) is 42.2 Å². The number of hydrogen-bond acceptors (Lipinski definition) is 4. The molecule has 0 fully saturated rings. The van der Waals surface area contributed by atoms with Crippen LogP contribution in [0.3, 0.4) is 0 Å². The maximum absolute atomic E-state index is 12.8. The average Bonchev–Trinajstić information content (AvgIpc) is 2.84. The Morgan fingerprint density at radius 1 is 1.43 bits per heavy atom. The summed E-state index contributed by atoms with van der Waals surface area (Å²) in [6.45, 7) is 1.95. The van der Waals surface area contributed by atoms with E-state index in [1.54, 1.807) is 6.92 Å². The van der Waals surface area contributed by atoms with Crippen LogP contribution in [0.15, 0.2) is 30.7 Å². The fourth-order valence-corrected chi connectivity index (χ4v) is 1.68. The first-order chi connectivity index (χ1) is 9.95. The van der Waals surface area contributed by atoms with Crippen molar-refractivity contribution in [2.24, 2.45) is 11.7 Å². The van der Waals surface area contributed by atoms with Gasteiger partial charge >= 0.3 is 0 Å². The summed E-state index contributed by atoms with van der Waals surface area (Å²) in [6, 6.07) is 2.96. The van der Waals surface area contributed by atoms with Gasteiger partial charge in [-0.05, 0) is 12.1 Å². The molecule has 0 aliphatic carbocycles. The van der Waals surface area contributed by atoms with E-state index < -0.39 is 17.6 Å². The largest absolute Gasteiger partial charge is 0.364 e. The molecule has 8 heteroatoms. The SMILES string of the molecule is C[C@H](Cn1cc(F)cn1)C(=O)Nc1ccc(C(N)=O)nc1. The molecule has 0 saturated heterocycles. The summed E-state index contributed by atoms with van der Waals surface area (Å²) in [7, 11) is 0. The summed E-state index contributed by atoms with van der Waals surface area (Å²) in [5.41, 5.74) is 5.64. The predicted molar refractivity (Wildman–Crippen MR) is 72.7 cm³/mol. The molecular formula is C13H14FN5O2. The molecule has 0 unspecified atom stereocenters. The smallest absolute Gasteiger partial charge is 0.267 e. The first kappa shape index (κ1) is 14.6. The molecule has 21 heavy (non-hydrogen) atoms. The molecule has 0 aliphatic heterocycles. The number of pyridine rings is 1. The molecular weight excluding hydrogens is 277 g/mol.